The van der Waals surface area contributed by atoms with E-state index in [4.69, 9.17) is 74.3 Å². The third-order valence-corrected chi connectivity index (χ3v) is 6.87. The van der Waals surface area contributed by atoms with Crippen molar-refractivity contribution >= 4 is 99.2 Å². The largest absolute Gasteiger partial charge is 0.486 e. The molecule has 1 aliphatic heterocycles. The predicted octanol–water partition coefficient (Wildman–Crippen LogP) is 7.85. The van der Waals surface area contributed by atoms with E-state index < -0.39 is 17.8 Å². The van der Waals surface area contributed by atoms with E-state index in [0.29, 0.717) is 21.2 Å². The first-order valence-electron chi connectivity index (χ1n) is 9.97. The van der Waals surface area contributed by atoms with E-state index in [1.165, 1.54) is 36.4 Å². The summed E-state index contributed by atoms with van der Waals surface area (Å²) in [4.78, 5) is 38.7. The second-order valence-electron chi connectivity index (χ2n) is 7.39. The van der Waals surface area contributed by atoms with Gasteiger partial charge in [0.15, 0.2) is 5.75 Å². The fourth-order valence-electron chi connectivity index (χ4n) is 3.27. The third kappa shape index (κ3) is 5.59. The molecule has 1 N–H and O–H groups in total. The first-order chi connectivity index (χ1) is 17.0. The van der Waals surface area contributed by atoms with Crippen LogP contribution >= 0.6 is 69.6 Å². The minimum absolute atomic E-state index is 0.0670. The predicted molar refractivity (Wildman–Crippen MR) is 143 cm³/mol. The number of halogens is 6. The number of anilines is 1. The van der Waals surface area contributed by atoms with Crippen molar-refractivity contribution in [3.8, 4) is 5.75 Å². The van der Waals surface area contributed by atoms with Crippen molar-refractivity contribution in [2.45, 2.75) is 6.61 Å². The molecule has 0 unspecified atom stereocenters. The van der Waals surface area contributed by atoms with Crippen molar-refractivity contribution in [3.63, 3.8) is 0 Å². The summed E-state index contributed by atoms with van der Waals surface area (Å²) >= 11 is 36.7. The Hall–Kier alpha value is -2.45. The minimum atomic E-state index is -0.929. The van der Waals surface area contributed by atoms with Crippen LogP contribution in [0, 0.1) is 0 Å². The molecular weight excluding hydrogens is 593 g/mol. The van der Waals surface area contributed by atoms with Crippen molar-refractivity contribution in [1.82, 2.24) is 5.32 Å². The number of hydrogen-bond donors (Lipinski definition) is 1. The highest BCUT2D eigenvalue weighted by atomic mass is 35.5. The number of nitrogens with zero attached hydrogens (tertiary/aromatic N) is 1. The number of imide groups is 2. The van der Waals surface area contributed by atoms with Gasteiger partial charge in [-0.25, -0.2) is 9.69 Å². The lowest BCUT2D eigenvalue weighted by Crippen LogP contribution is -2.54. The number of barbiturate groups is 1. The van der Waals surface area contributed by atoms with Gasteiger partial charge in [0.25, 0.3) is 11.8 Å². The molecule has 3 aromatic carbocycles. The zero-order valence-corrected chi connectivity index (χ0v) is 22.3. The number of ether oxygens (including phenoxy) is 1. The molecule has 0 atom stereocenters. The number of carbonyl (C=O) groups excluding carboxylic acids is 3. The molecule has 3 aromatic rings. The zero-order valence-electron chi connectivity index (χ0n) is 17.8. The highest BCUT2D eigenvalue weighted by Crippen LogP contribution is 2.36. The molecule has 12 heteroatoms. The maximum Gasteiger partial charge on any atom is 0.335 e. The summed E-state index contributed by atoms with van der Waals surface area (Å²) in [7, 11) is 0. The molecule has 184 valence electrons. The van der Waals surface area contributed by atoms with E-state index in [0.717, 1.165) is 4.90 Å². The number of amides is 4. The fourth-order valence-corrected chi connectivity index (χ4v) is 4.64. The maximum absolute atomic E-state index is 13.1. The number of benzene rings is 3. The average molecular weight is 605 g/mol. The molecule has 6 nitrogen and oxygen atoms in total. The summed E-state index contributed by atoms with van der Waals surface area (Å²) in [5, 5.41) is 3.64. The van der Waals surface area contributed by atoms with E-state index >= 15 is 0 Å². The topological polar surface area (TPSA) is 75.7 Å². The van der Waals surface area contributed by atoms with Crippen LogP contribution < -0.4 is 15.0 Å². The van der Waals surface area contributed by atoms with Crippen molar-refractivity contribution in [3.05, 3.63) is 95.4 Å². The van der Waals surface area contributed by atoms with Crippen LogP contribution in [-0.4, -0.2) is 17.8 Å². The molecule has 0 radical (unpaired) electrons. The number of hydrogen-bond acceptors (Lipinski definition) is 4. The van der Waals surface area contributed by atoms with Gasteiger partial charge in [0, 0.05) is 15.6 Å². The van der Waals surface area contributed by atoms with E-state index in [-0.39, 0.29) is 43.7 Å². The summed E-state index contributed by atoms with van der Waals surface area (Å²) in [6.45, 7) is 0.0670. The molecule has 36 heavy (non-hydrogen) atoms. The molecule has 0 saturated carbocycles. The van der Waals surface area contributed by atoms with Crippen LogP contribution in [0.1, 0.15) is 11.1 Å². The number of carbonyl (C=O) groups is 3. The van der Waals surface area contributed by atoms with E-state index in [9.17, 15) is 14.4 Å². The minimum Gasteiger partial charge on any atom is -0.486 e. The number of urea groups is 1. The average Bonchev–Trinajstić information content (AvgIpc) is 2.79. The van der Waals surface area contributed by atoms with Crippen LogP contribution in [0.4, 0.5) is 10.5 Å². The molecule has 0 aromatic heterocycles. The van der Waals surface area contributed by atoms with Crippen molar-refractivity contribution in [2.75, 3.05) is 4.90 Å². The second kappa shape index (κ2) is 10.9. The van der Waals surface area contributed by atoms with Gasteiger partial charge >= 0.3 is 6.03 Å². The normalized spacial score (nSPS) is 14.9. The van der Waals surface area contributed by atoms with Gasteiger partial charge < -0.3 is 4.74 Å². The molecule has 0 spiro atoms. The van der Waals surface area contributed by atoms with Crippen LogP contribution in [-0.2, 0) is 16.2 Å². The monoisotopic (exact) mass is 602 g/mol. The number of nitrogens with one attached hydrogen (secondary N) is 1. The Labute approximate surface area is 235 Å². The van der Waals surface area contributed by atoms with E-state index in [1.807, 2.05) is 0 Å². The summed E-state index contributed by atoms with van der Waals surface area (Å²) < 4.78 is 5.74. The smallest absolute Gasteiger partial charge is 0.335 e. The summed E-state index contributed by atoms with van der Waals surface area (Å²) in [6.07, 6.45) is 1.26. The molecule has 0 aliphatic carbocycles. The molecular formula is C24H12Cl6N2O4. The molecule has 4 amide bonds. The Balaban J connectivity index is 1.61. The molecule has 4 rings (SSSR count). The van der Waals surface area contributed by atoms with Gasteiger partial charge in [0.1, 0.15) is 12.2 Å². The Bertz CT molecular complexity index is 1430. The Kier molecular flexibility index (Phi) is 8.05. The van der Waals surface area contributed by atoms with Crippen molar-refractivity contribution in [1.29, 1.82) is 0 Å². The third-order valence-electron chi connectivity index (χ3n) is 4.98. The Morgan fingerprint density at radius 3 is 2.11 bits per heavy atom. The Morgan fingerprint density at radius 2 is 1.47 bits per heavy atom. The molecule has 1 heterocycles. The lowest BCUT2D eigenvalue weighted by atomic mass is 10.1. The fraction of sp³-hybridized carbons (Fsp3) is 0.0417. The lowest BCUT2D eigenvalue weighted by molar-refractivity contribution is -0.122. The molecule has 1 aliphatic rings. The SMILES string of the molecule is O=C1NC(=O)N(c2ccc(Cl)c(Cl)c2)C(=O)/C1=C/c1cc(Cl)c(OCc2ccc(Cl)cc2Cl)c(Cl)c1. The zero-order chi connectivity index (χ0) is 26.1. The van der Waals surface area contributed by atoms with Gasteiger partial charge in [-0.05, 0) is 54.1 Å². The van der Waals surface area contributed by atoms with Crippen molar-refractivity contribution < 1.29 is 19.1 Å². The van der Waals surface area contributed by atoms with Crippen LogP contribution in [0.2, 0.25) is 30.1 Å². The lowest BCUT2D eigenvalue weighted by Gasteiger charge is -2.26. The molecule has 1 saturated heterocycles. The van der Waals surface area contributed by atoms with Gasteiger partial charge in [-0.15, -0.1) is 0 Å². The van der Waals surface area contributed by atoms with Gasteiger partial charge in [0.2, 0.25) is 0 Å². The highest BCUT2D eigenvalue weighted by Gasteiger charge is 2.37. The summed E-state index contributed by atoms with van der Waals surface area (Å²) in [5.74, 6) is -1.57. The maximum atomic E-state index is 13.1. The van der Waals surface area contributed by atoms with E-state index in [2.05, 4.69) is 5.32 Å². The quantitative estimate of drug-likeness (QED) is 0.238. The standard InChI is InChI=1S/C24H12Cl6N2O4/c25-13-2-1-12(17(27)8-13)10-36-21-19(29)6-11(7-20(21)30)5-15-22(33)31-24(35)32(23(15)34)14-3-4-16(26)18(28)9-14/h1-9H,10H2,(H,31,33,35)/b15-5+. The second-order valence-corrected chi connectivity index (χ2v) is 9.87. The van der Waals surface area contributed by atoms with E-state index in [1.54, 1.807) is 18.2 Å². The Morgan fingerprint density at radius 1 is 0.778 bits per heavy atom. The van der Waals surface area contributed by atoms with Gasteiger partial charge in [0.05, 0.1) is 25.8 Å². The van der Waals surface area contributed by atoms with Gasteiger partial charge in [-0.1, -0.05) is 75.7 Å². The van der Waals surface area contributed by atoms with Crippen LogP contribution in [0.25, 0.3) is 6.08 Å². The van der Waals surface area contributed by atoms with Crippen molar-refractivity contribution in [2.24, 2.45) is 0 Å². The van der Waals surface area contributed by atoms with Gasteiger partial charge in [-0.2, -0.15) is 0 Å². The van der Waals surface area contributed by atoms with Crippen LogP contribution in [0.5, 0.6) is 5.75 Å². The molecule has 1 fully saturated rings. The number of rotatable bonds is 5. The highest BCUT2D eigenvalue weighted by molar-refractivity contribution is 6.43. The van der Waals surface area contributed by atoms with Crippen LogP contribution in [0.3, 0.4) is 0 Å². The summed E-state index contributed by atoms with van der Waals surface area (Å²) in [5.41, 5.74) is 0.792. The first-order valence-corrected chi connectivity index (χ1v) is 12.2. The summed E-state index contributed by atoms with van der Waals surface area (Å²) in [6, 6.07) is 11.1. The van der Waals surface area contributed by atoms with Crippen LogP contribution in [0.15, 0.2) is 54.1 Å². The van der Waals surface area contributed by atoms with Gasteiger partial charge in [-0.3, -0.25) is 14.9 Å². The molecule has 0 bridgehead atoms. The first kappa shape index (κ1) is 26.6.